The van der Waals surface area contributed by atoms with Gasteiger partial charge in [0, 0.05) is 30.7 Å². The van der Waals surface area contributed by atoms with Gasteiger partial charge in [0.05, 0.1) is 0 Å². The highest BCUT2D eigenvalue weighted by Crippen LogP contribution is 2.40. The standard InChI is InChI=1S/C9H12F2N2/c10-9(11)4-1-2-7(6-9)8-3-5-12-13-8/h3,5,7H,1-2,4,6H2,(H,12,13). The normalized spacial score (nSPS) is 27.4. The van der Waals surface area contributed by atoms with Crippen molar-refractivity contribution in [2.45, 2.75) is 37.5 Å². The Kier molecular flexibility index (Phi) is 2.06. The van der Waals surface area contributed by atoms with Gasteiger partial charge < -0.3 is 0 Å². The second-order valence-corrected chi connectivity index (χ2v) is 3.66. The molecule has 1 atom stereocenters. The average Bonchev–Trinajstić information content (AvgIpc) is 2.53. The second kappa shape index (κ2) is 3.09. The van der Waals surface area contributed by atoms with E-state index in [4.69, 9.17) is 0 Å². The first-order valence-corrected chi connectivity index (χ1v) is 4.54. The van der Waals surface area contributed by atoms with Crippen molar-refractivity contribution in [3.8, 4) is 0 Å². The molecule has 4 heteroatoms. The zero-order valence-electron chi connectivity index (χ0n) is 7.26. The highest BCUT2D eigenvalue weighted by Gasteiger charge is 2.37. The van der Waals surface area contributed by atoms with Crippen LogP contribution < -0.4 is 0 Å². The van der Waals surface area contributed by atoms with Crippen LogP contribution in [0.2, 0.25) is 0 Å². The van der Waals surface area contributed by atoms with Gasteiger partial charge in [-0.3, -0.25) is 5.10 Å². The van der Waals surface area contributed by atoms with Gasteiger partial charge in [-0.15, -0.1) is 0 Å². The molecule has 13 heavy (non-hydrogen) atoms. The lowest BCUT2D eigenvalue weighted by atomic mass is 9.84. The SMILES string of the molecule is FC1(F)CCCC(c2ccn[nH]2)C1. The molecule has 2 nitrogen and oxygen atoms in total. The van der Waals surface area contributed by atoms with Crippen molar-refractivity contribution in [1.82, 2.24) is 10.2 Å². The van der Waals surface area contributed by atoms with Gasteiger partial charge in [0.2, 0.25) is 5.92 Å². The molecule has 0 spiro atoms. The van der Waals surface area contributed by atoms with E-state index in [1.807, 2.05) is 0 Å². The molecule has 1 N–H and O–H groups in total. The molecular weight excluding hydrogens is 174 g/mol. The Hall–Kier alpha value is -0.930. The first-order valence-electron chi connectivity index (χ1n) is 4.54. The quantitative estimate of drug-likeness (QED) is 0.717. The molecule has 1 unspecified atom stereocenters. The van der Waals surface area contributed by atoms with Crippen LogP contribution >= 0.6 is 0 Å². The summed E-state index contributed by atoms with van der Waals surface area (Å²) in [6, 6.07) is 1.78. The highest BCUT2D eigenvalue weighted by atomic mass is 19.3. The number of aromatic amines is 1. The lowest BCUT2D eigenvalue weighted by Crippen LogP contribution is -2.25. The van der Waals surface area contributed by atoms with E-state index in [9.17, 15) is 8.78 Å². The molecule has 0 bridgehead atoms. The monoisotopic (exact) mass is 186 g/mol. The molecule has 2 rings (SSSR count). The van der Waals surface area contributed by atoms with Gasteiger partial charge in [-0.2, -0.15) is 5.10 Å². The van der Waals surface area contributed by atoms with Crippen LogP contribution in [0, 0.1) is 0 Å². The summed E-state index contributed by atoms with van der Waals surface area (Å²) in [4.78, 5) is 0. The third-order valence-electron chi connectivity index (χ3n) is 2.60. The summed E-state index contributed by atoms with van der Waals surface area (Å²) in [5, 5.41) is 6.54. The van der Waals surface area contributed by atoms with Crippen LogP contribution in [0.25, 0.3) is 0 Å². The fraction of sp³-hybridized carbons (Fsp3) is 0.667. The van der Waals surface area contributed by atoms with E-state index in [2.05, 4.69) is 10.2 Å². The van der Waals surface area contributed by atoms with E-state index in [0.29, 0.717) is 6.42 Å². The number of halogens is 2. The lowest BCUT2D eigenvalue weighted by molar-refractivity contribution is -0.0412. The second-order valence-electron chi connectivity index (χ2n) is 3.66. The molecule has 0 aromatic carbocycles. The van der Waals surface area contributed by atoms with Gasteiger partial charge in [0.25, 0.3) is 0 Å². The summed E-state index contributed by atoms with van der Waals surface area (Å²) in [5.74, 6) is -2.51. The molecule has 0 amide bonds. The van der Waals surface area contributed by atoms with E-state index in [-0.39, 0.29) is 18.8 Å². The number of aromatic nitrogens is 2. The smallest absolute Gasteiger partial charge is 0.248 e. The summed E-state index contributed by atoms with van der Waals surface area (Å²) in [7, 11) is 0. The maximum absolute atomic E-state index is 13.0. The number of H-pyrrole nitrogens is 1. The Morgan fingerprint density at radius 1 is 1.54 bits per heavy atom. The molecule has 1 heterocycles. The van der Waals surface area contributed by atoms with Crippen molar-refractivity contribution in [1.29, 1.82) is 0 Å². The summed E-state index contributed by atoms with van der Waals surface area (Å²) >= 11 is 0. The van der Waals surface area contributed by atoms with Crippen molar-refractivity contribution < 1.29 is 8.78 Å². The first kappa shape index (κ1) is 8.66. The molecule has 1 saturated carbocycles. The molecule has 1 aliphatic carbocycles. The molecule has 0 radical (unpaired) electrons. The van der Waals surface area contributed by atoms with Crippen LogP contribution in [-0.4, -0.2) is 16.1 Å². The Morgan fingerprint density at radius 2 is 2.38 bits per heavy atom. The van der Waals surface area contributed by atoms with Gasteiger partial charge in [-0.05, 0) is 18.9 Å². The number of alkyl halides is 2. The van der Waals surface area contributed by atoms with Crippen LogP contribution in [0.15, 0.2) is 12.3 Å². The molecule has 72 valence electrons. The van der Waals surface area contributed by atoms with E-state index in [1.165, 1.54) is 0 Å². The van der Waals surface area contributed by atoms with Crippen LogP contribution in [0.3, 0.4) is 0 Å². The number of rotatable bonds is 1. The topological polar surface area (TPSA) is 28.7 Å². The minimum atomic E-state index is -2.48. The third-order valence-corrected chi connectivity index (χ3v) is 2.60. The van der Waals surface area contributed by atoms with Gasteiger partial charge >= 0.3 is 0 Å². The predicted octanol–water partition coefficient (Wildman–Crippen LogP) is 2.70. The van der Waals surface area contributed by atoms with Gasteiger partial charge in [0.15, 0.2) is 0 Å². The summed E-state index contributed by atoms with van der Waals surface area (Å²) < 4.78 is 26.0. The minimum absolute atomic E-state index is 0.0325. The van der Waals surface area contributed by atoms with E-state index >= 15 is 0 Å². The molecule has 1 fully saturated rings. The van der Waals surface area contributed by atoms with Crippen molar-refractivity contribution in [2.24, 2.45) is 0 Å². The van der Waals surface area contributed by atoms with Crippen molar-refractivity contribution in [3.05, 3.63) is 18.0 Å². The number of hydrogen-bond donors (Lipinski definition) is 1. The van der Waals surface area contributed by atoms with Gasteiger partial charge in [-0.1, -0.05) is 0 Å². The van der Waals surface area contributed by atoms with Crippen molar-refractivity contribution >= 4 is 0 Å². The highest BCUT2D eigenvalue weighted by molar-refractivity contribution is 5.07. The first-order chi connectivity index (χ1) is 6.17. The van der Waals surface area contributed by atoms with Crippen molar-refractivity contribution in [3.63, 3.8) is 0 Å². The Morgan fingerprint density at radius 3 is 3.00 bits per heavy atom. The minimum Gasteiger partial charge on any atom is -0.282 e. The number of nitrogens with zero attached hydrogens (tertiary/aromatic N) is 1. The third kappa shape index (κ3) is 1.87. The number of nitrogens with one attached hydrogen (secondary N) is 1. The number of hydrogen-bond acceptors (Lipinski definition) is 1. The molecule has 1 aromatic rings. The Labute approximate surface area is 75.3 Å². The molecule has 1 aliphatic rings. The van der Waals surface area contributed by atoms with Crippen molar-refractivity contribution in [2.75, 3.05) is 0 Å². The molecule has 1 aromatic heterocycles. The Balaban J connectivity index is 2.09. The maximum atomic E-state index is 13.0. The summed E-state index contributed by atoms with van der Waals surface area (Å²) in [5.41, 5.74) is 0.847. The van der Waals surface area contributed by atoms with E-state index in [1.54, 1.807) is 12.3 Å². The van der Waals surface area contributed by atoms with Crippen LogP contribution in [0.1, 0.15) is 37.3 Å². The largest absolute Gasteiger partial charge is 0.282 e. The molecular formula is C9H12F2N2. The fourth-order valence-electron chi connectivity index (χ4n) is 1.93. The van der Waals surface area contributed by atoms with E-state index in [0.717, 1.165) is 12.1 Å². The predicted molar refractivity (Wildman–Crippen MR) is 44.7 cm³/mol. The van der Waals surface area contributed by atoms with Crippen LogP contribution in [-0.2, 0) is 0 Å². The van der Waals surface area contributed by atoms with E-state index < -0.39 is 5.92 Å². The van der Waals surface area contributed by atoms with Gasteiger partial charge in [-0.25, -0.2) is 8.78 Å². The summed E-state index contributed by atoms with van der Waals surface area (Å²) in [6.07, 6.45) is 3.07. The average molecular weight is 186 g/mol. The molecule has 0 saturated heterocycles. The van der Waals surface area contributed by atoms with Gasteiger partial charge in [0.1, 0.15) is 0 Å². The fourth-order valence-corrected chi connectivity index (χ4v) is 1.93. The summed E-state index contributed by atoms with van der Waals surface area (Å²) in [6.45, 7) is 0. The maximum Gasteiger partial charge on any atom is 0.248 e. The van der Waals surface area contributed by atoms with Crippen LogP contribution in [0.5, 0.6) is 0 Å². The molecule has 0 aliphatic heterocycles. The zero-order chi connectivity index (χ0) is 9.31. The Bertz CT molecular complexity index is 269. The van der Waals surface area contributed by atoms with Crippen LogP contribution in [0.4, 0.5) is 8.78 Å². The zero-order valence-corrected chi connectivity index (χ0v) is 7.26. The lowest BCUT2D eigenvalue weighted by Gasteiger charge is -2.27.